The monoisotopic (exact) mass is 370 g/mol. The minimum absolute atomic E-state index is 0.208. The van der Waals surface area contributed by atoms with Crippen molar-refractivity contribution in [3.05, 3.63) is 72.1 Å². The molecule has 0 aliphatic carbocycles. The molecule has 0 unspecified atom stereocenters. The molecule has 2 N–H and O–H groups in total. The molecule has 0 heterocycles. The van der Waals surface area contributed by atoms with Gasteiger partial charge in [-0.2, -0.15) is 0 Å². The number of anilines is 1. The molecule has 132 valence electrons. The Bertz CT molecular complexity index is 913. The molecular formula is C16H13F3N2O3S. The number of sulfonamides is 1. The van der Waals surface area contributed by atoms with Crippen LogP contribution >= 0.6 is 0 Å². The van der Waals surface area contributed by atoms with Crippen LogP contribution in [-0.2, 0) is 10.0 Å². The lowest BCUT2D eigenvalue weighted by molar-refractivity contribution is 0.0958. The maximum absolute atomic E-state index is 13.6. The van der Waals surface area contributed by atoms with Crippen molar-refractivity contribution in [1.29, 1.82) is 0 Å². The highest BCUT2D eigenvalue weighted by Crippen LogP contribution is 2.23. The van der Waals surface area contributed by atoms with Crippen LogP contribution in [-0.4, -0.2) is 20.9 Å². The molecule has 0 atom stereocenters. The van der Waals surface area contributed by atoms with Crippen molar-refractivity contribution >= 4 is 21.6 Å². The summed E-state index contributed by atoms with van der Waals surface area (Å²) in [7, 11) is -4.25. The van der Waals surface area contributed by atoms with E-state index in [0.29, 0.717) is 6.07 Å². The Balaban J connectivity index is 2.24. The quantitative estimate of drug-likeness (QED) is 0.607. The van der Waals surface area contributed by atoms with Crippen molar-refractivity contribution in [3.8, 4) is 0 Å². The molecular weight excluding hydrogens is 357 g/mol. The standard InChI is InChI=1S/C16H13F3N2O3S/c1-2-9-20-16(22)10-3-5-11(6-4-10)25(23,24)21-13-8-7-12(17)14(18)15(13)19/h2-8,21H,1,9H2,(H,20,22). The van der Waals surface area contributed by atoms with Crippen LogP contribution in [0.4, 0.5) is 18.9 Å². The minimum Gasteiger partial charge on any atom is -0.349 e. The second-order valence-corrected chi connectivity index (χ2v) is 6.53. The van der Waals surface area contributed by atoms with Gasteiger partial charge in [0.15, 0.2) is 17.5 Å². The zero-order chi connectivity index (χ0) is 18.6. The van der Waals surface area contributed by atoms with Gasteiger partial charge in [-0.3, -0.25) is 9.52 Å². The third-order valence-corrected chi connectivity index (χ3v) is 4.49. The molecule has 0 saturated carbocycles. The van der Waals surface area contributed by atoms with E-state index in [2.05, 4.69) is 11.9 Å². The Morgan fingerprint density at radius 1 is 1.04 bits per heavy atom. The number of hydrogen-bond donors (Lipinski definition) is 2. The number of hydrogen-bond acceptors (Lipinski definition) is 3. The summed E-state index contributed by atoms with van der Waals surface area (Å²) in [6.45, 7) is 3.69. The van der Waals surface area contributed by atoms with E-state index in [4.69, 9.17) is 0 Å². The number of halogens is 3. The number of benzene rings is 2. The fourth-order valence-corrected chi connectivity index (χ4v) is 2.92. The highest BCUT2D eigenvalue weighted by molar-refractivity contribution is 7.92. The van der Waals surface area contributed by atoms with Gasteiger partial charge >= 0.3 is 0 Å². The summed E-state index contributed by atoms with van der Waals surface area (Å²) in [6, 6.07) is 6.14. The molecule has 9 heteroatoms. The predicted octanol–water partition coefficient (Wildman–Crippen LogP) is 2.82. The average molecular weight is 370 g/mol. The lowest BCUT2D eigenvalue weighted by Gasteiger charge is -2.10. The normalized spacial score (nSPS) is 11.0. The van der Waals surface area contributed by atoms with E-state index in [-0.39, 0.29) is 17.0 Å². The van der Waals surface area contributed by atoms with Crippen molar-refractivity contribution < 1.29 is 26.4 Å². The highest BCUT2D eigenvalue weighted by atomic mass is 32.2. The molecule has 0 aromatic heterocycles. The minimum atomic E-state index is -4.25. The zero-order valence-electron chi connectivity index (χ0n) is 12.7. The van der Waals surface area contributed by atoms with Crippen LogP contribution in [0.25, 0.3) is 0 Å². The third-order valence-electron chi connectivity index (χ3n) is 3.11. The Morgan fingerprint density at radius 2 is 1.68 bits per heavy atom. The van der Waals surface area contributed by atoms with Crippen molar-refractivity contribution in [3.63, 3.8) is 0 Å². The number of amides is 1. The maximum atomic E-state index is 13.6. The number of carbonyl (C=O) groups excluding carboxylic acids is 1. The first-order valence-electron chi connectivity index (χ1n) is 6.91. The molecule has 0 fully saturated rings. The molecule has 2 rings (SSSR count). The topological polar surface area (TPSA) is 75.3 Å². The van der Waals surface area contributed by atoms with E-state index in [1.807, 2.05) is 4.72 Å². The first-order valence-corrected chi connectivity index (χ1v) is 8.40. The Morgan fingerprint density at radius 3 is 2.28 bits per heavy atom. The number of carbonyl (C=O) groups is 1. The van der Waals surface area contributed by atoms with Gasteiger partial charge in [-0.15, -0.1) is 6.58 Å². The van der Waals surface area contributed by atoms with E-state index in [1.54, 1.807) is 0 Å². The van der Waals surface area contributed by atoms with Gasteiger partial charge < -0.3 is 5.32 Å². The molecule has 0 bridgehead atoms. The van der Waals surface area contributed by atoms with Crippen molar-refractivity contribution in [1.82, 2.24) is 5.32 Å². The van der Waals surface area contributed by atoms with Crippen LogP contribution in [0.2, 0.25) is 0 Å². The van der Waals surface area contributed by atoms with E-state index in [1.165, 1.54) is 18.2 Å². The molecule has 5 nitrogen and oxygen atoms in total. The second kappa shape index (κ2) is 7.39. The zero-order valence-corrected chi connectivity index (χ0v) is 13.5. The smallest absolute Gasteiger partial charge is 0.261 e. The molecule has 1 amide bonds. The van der Waals surface area contributed by atoms with Crippen LogP contribution in [0, 0.1) is 17.5 Å². The van der Waals surface area contributed by atoms with E-state index < -0.39 is 39.1 Å². The molecule has 0 saturated heterocycles. The summed E-state index contributed by atoms with van der Waals surface area (Å²) in [5.41, 5.74) is -0.522. The van der Waals surface area contributed by atoms with Gasteiger partial charge in [0.05, 0.1) is 10.6 Å². The van der Waals surface area contributed by atoms with Gasteiger partial charge in [-0.05, 0) is 36.4 Å². The summed E-state index contributed by atoms with van der Waals surface area (Å²) in [5.74, 6) is -5.29. The Hall–Kier alpha value is -2.81. The number of nitrogens with one attached hydrogen (secondary N) is 2. The Kier molecular flexibility index (Phi) is 5.48. The van der Waals surface area contributed by atoms with Gasteiger partial charge in [0.1, 0.15) is 0 Å². The molecule has 0 radical (unpaired) electrons. The SMILES string of the molecule is C=CCNC(=O)c1ccc(S(=O)(=O)Nc2ccc(F)c(F)c2F)cc1. The van der Waals surface area contributed by atoms with E-state index in [0.717, 1.165) is 18.2 Å². The first-order chi connectivity index (χ1) is 11.8. The second-order valence-electron chi connectivity index (χ2n) is 4.85. The fourth-order valence-electron chi connectivity index (χ4n) is 1.86. The van der Waals surface area contributed by atoms with Gasteiger partial charge in [0, 0.05) is 12.1 Å². The number of rotatable bonds is 6. The Labute approximate surface area is 142 Å². The van der Waals surface area contributed by atoms with Crippen LogP contribution in [0.3, 0.4) is 0 Å². The van der Waals surface area contributed by atoms with Gasteiger partial charge in [-0.1, -0.05) is 6.08 Å². The summed E-state index contributed by atoms with van der Waals surface area (Å²) in [5, 5.41) is 2.52. The van der Waals surface area contributed by atoms with Crippen molar-refractivity contribution in [2.75, 3.05) is 11.3 Å². The lowest BCUT2D eigenvalue weighted by atomic mass is 10.2. The van der Waals surface area contributed by atoms with Crippen molar-refractivity contribution in [2.24, 2.45) is 0 Å². The largest absolute Gasteiger partial charge is 0.349 e. The summed E-state index contributed by atoms with van der Waals surface area (Å²) in [4.78, 5) is 11.4. The van der Waals surface area contributed by atoms with Gasteiger partial charge in [-0.25, -0.2) is 21.6 Å². The van der Waals surface area contributed by atoms with E-state index >= 15 is 0 Å². The lowest BCUT2D eigenvalue weighted by Crippen LogP contribution is -2.23. The predicted molar refractivity (Wildman–Crippen MR) is 86.1 cm³/mol. The summed E-state index contributed by atoms with van der Waals surface area (Å²) < 4.78 is 65.9. The third kappa shape index (κ3) is 4.18. The molecule has 0 aliphatic heterocycles. The first kappa shape index (κ1) is 18.5. The van der Waals surface area contributed by atoms with Gasteiger partial charge in [0.25, 0.3) is 15.9 Å². The summed E-state index contributed by atoms with van der Waals surface area (Å²) >= 11 is 0. The van der Waals surface area contributed by atoms with Crippen LogP contribution < -0.4 is 10.0 Å². The molecule has 2 aromatic rings. The maximum Gasteiger partial charge on any atom is 0.261 e. The highest BCUT2D eigenvalue weighted by Gasteiger charge is 2.20. The fraction of sp³-hybridized carbons (Fsp3) is 0.0625. The van der Waals surface area contributed by atoms with Crippen LogP contribution in [0.5, 0.6) is 0 Å². The van der Waals surface area contributed by atoms with Crippen LogP contribution in [0.1, 0.15) is 10.4 Å². The molecule has 25 heavy (non-hydrogen) atoms. The van der Waals surface area contributed by atoms with Gasteiger partial charge in [0.2, 0.25) is 0 Å². The molecule has 0 aliphatic rings. The molecule has 2 aromatic carbocycles. The van der Waals surface area contributed by atoms with Crippen molar-refractivity contribution in [2.45, 2.75) is 4.90 Å². The van der Waals surface area contributed by atoms with Crippen LogP contribution in [0.15, 0.2) is 53.9 Å². The van der Waals surface area contributed by atoms with E-state index in [9.17, 15) is 26.4 Å². The molecule has 0 spiro atoms. The summed E-state index contributed by atoms with van der Waals surface area (Å²) in [6.07, 6.45) is 1.48. The average Bonchev–Trinajstić information content (AvgIpc) is 2.60.